The fourth-order valence-corrected chi connectivity index (χ4v) is 2.35. The molecule has 0 aliphatic heterocycles. The molecule has 0 amide bonds. The zero-order valence-corrected chi connectivity index (χ0v) is 11.0. The molecule has 94 valence electrons. The number of hydrogen-bond donors (Lipinski definition) is 1. The van der Waals surface area contributed by atoms with Crippen molar-refractivity contribution in [3.05, 3.63) is 29.8 Å². The number of methoxy groups -OCH3 is 1. The SMILES string of the molecule is COc1ccc2cc(C)c(SCC(=O)O)nc2c1. The van der Waals surface area contributed by atoms with Crippen molar-refractivity contribution in [2.45, 2.75) is 11.9 Å². The second-order valence-corrected chi connectivity index (χ2v) is 4.82. The van der Waals surface area contributed by atoms with Crippen molar-refractivity contribution in [1.29, 1.82) is 0 Å². The lowest BCUT2D eigenvalue weighted by Crippen LogP contribution is -1.99. The van der Waals surface area contributed by atoms with Gasteiger partial charge in [-0.2, -0.15) is 0 Å². The van der Waals surface area contributed by atoms with E-state index < -0.39 is 5.97 Å². The van der Waals surface area contributed by atoms with Crippen molar-refractivity contribution in [2.24, 2.45) is 0 Å². The monoisotopic (exact) mass is 263 g/mol. The summed E-state index contributed by atoms with van der Waals surface area (Å²) >= 11 is 1.23. The first-order chi connectivity index (χ1) is 8.60. The van der Waals surface area contributed by atoms with Crippen molar-refractivity contribution in [3.63, 3.8) is 0 Å². The first kappa shape index (κ1) is 12.7. The predicted molar refractivity (Wildman–Crippen MR) is 71.4 cm³/mol. The van der Waals surface area contributed by atoms with Crippen molar-refractivity contribution >= 4 is 28.6 Å². The van der Waals surface area contributed by atoms with Gasteiger partial charge in [0.1, 0.15) is 10.8 Å². The first-order valence-electron chi connectivity index (χ1n) is 5.40. The Labute approximate surface area is 109 Å². The molecular weight excluding hydrogens is 250 g/mol. The molecule has 0 spiro atoms. The van der Waals surface area contributed by atoms with Gasteiger partial charge in [-0.05, 0) is 30.7 Å². The lowest BCUT2D eigenvalue weighted by Gasteiger charge is -2.07. The van der Waals surface area contributed by atoms with E-state index in [1.54, 1.807) is 7.11 Å². The number of pyridine rings is 1. The Balaban J connectivity index is 2.41. The highest BCUT2D eigenvalue weighted by Crippen LogP contribution is 2.26. The van der Waals surface area contributed by atoms with Gasteiger partial charge in [-0.15, -0.1) is 0 Å². The summed E-state index contributed by atoms with van der Waals surface area (Å²) in [4.78, 5) is 15.1. The molecule has 0 aliphatic rings. The molecule has 0 saturated heterocycles. The molecule has 1 aromatic heterocycles. The van der Waals surface area contributed by atoms with Crippen LogP contribution in [-0.4, -0.2) is 28.9 Å². The summed E-state index contributed by atoms with van der Waals surface area (Å²) in [5, 5.41) is 10.5. The van der Waals surface area contributed by atoms with E-state index in [1.807, 2.05) is 31.2 Å². The number of rotatable bonds is 4. The van der Waals surface area contributed by atoms with Gasteiger partial charge >= 0.3 is 5.97 Å². The summed E-state index contributed by atoms with van der Waals surface area (Å²) in [6.45, 7) is 1.93. The largest absolute Gasteiger partial charge is 0.497 e. The minimum absolute atomic E-state index is 0.0172. The number of ether oxygens (including phenoxy) is 1. The highest BCUT2D eigenvalue weighted by molar-refractivity contribution is 7.99. The van der Waals surface area contributed by atoms with Gasteiger partial charge in [-0.25, -0.2) is 4.98 Å². The number of thioether (sulfide) groups is 1. The number of nitrogens with zero attached hydrogens (tertiary/aromatic N) is 1. The molecule has 0 atom stereocenters. The highest BCUT2D eigenvalue weighted by atomic mass is 32.2. The Bertz CT molecular complexity index is 598. The summed E-state index contributed by atoms with van der Waals surface area (Å²) in [7, 11) is 1.61. The number of fused-ring (bicyclic) bond motifs is 1. The summed E-state index contributed by atoms with van der Waals surface area (Å²) < 4.78 is 5.15. The second kappa shape index (κ2) is 5.27. The third kappa shape index (κ3) is 2.73. The molecule has 5 heteroatoms. The van der Waals surface area contributed by atoms with Crippen LogP contribution in [0.25, 0.3) is 10.9 Å². The van der Waals surface area contributed by atoms with Gasteiger partial charge in [-0.1, -0.05) is 11.8 Å². The lowest BCUT2D eigenvalue weighted by molar-refractivity contribution is -0.133. The van der Waals surface area contributed by atoms with Crippen LogP contribution in [0.15, 0.2) is 29.3 Å². The van der Waals surface area contributed by atoms with Crippen LogP contribution in [0.5, 0.6) is 5.75 Å². The van der Waals surface area contributed by atoms with E-state index in [-0.39, 0.29) is 5.75 Å². The topological polar surface area (TPSA) is 59.4 Å². The molecule has 0 bridgehead atoms. The molecule has 4 nitrogen and oxygen atoms in total. The van der Waals surface area contributed by atoms with Crippen molar-refractivity contribution in [2.75, 3.05) is 12.9 Å². The minimum Gasteiger partial charge on any atom is -0.497 e. The molecule has 0 saturated carbocycles. The smallest absolute Gasteiger partial charge is 0.313 e. The first-order valence-corrected chi connectivity index (χ1v) is 6.38. The van der Waals surface area contributed by atoms with Crippen LogP contribution in [0.2, 0.25) is 0 Å². The quantitative estimate of drug-likeness (QED) is 0.859. The van der Waals surface area contributed by atoms with Crippen LogP contribution in [0.4, 0.5) is 0 Å². The van der Waals surface area contributed by atoms with E-state index in [0.717, 1.165) is 27.2 Å². The molecule has 18 heavy (non-hydrogen) atoms. The summed E-state index contributed by atoms with van der Waals surface area (Å²) in [5.41, 5.74) is 1.80. The Morgan fingerprint density at radius 1 is 1.44 bits per heavy atom. The summed E-state index contributed by atoms with van der Waals surface area (Å²) in [6, 6.07) is 7.68. The number of aromatic nitrogens is 1. The molecule has 0 unspecified atom stereocenters. The van der Waals surface area contributed by atoms with E-state index in [1.165, 1.54) is 11.8 Å². The van der Waals surface area contributed by atoms with E-state index in [2.05, 4.69) is 4.98 Å². The summed E-state index contributed by atoms with van der Waals surface area (Å²) in [5.74, 6) is -0.0801. The van der Waals surface area contributed by atoms with Crippen LogP contribution in [0, 0.1) is 6.92 Å². The van der Waals surface area contributed by atoms with Crippen LogP contribution in [0.1, 0.15) is 5.56 Å². The van der Waals surface area contributed by atoms with E-state index >= 15 is 0 Å². The number of carboxylic acids is 1. The third-order valence-electron chi connectivity index (χ3n) is 2.50. The van der Waals surface area contributed by atoms with Gasteiger partial charge in [0.15, 0.2) is 0 Å². The average Bonchev–Trinajstić information content (AvgIpc) is 2.35. The average molecular weight is 263 g/mol. The van der Waals surface area contributed by atoms with E-state index in [0.29, 0.717) is 0 Å². The Morgan fingerprint density at radius 3 is 2.89 bits per heavy atom. The number of carbonyl (C=O) groups is 1. The van der Waals surface area contributed by atoms with Gasteiger partial charge < -0.3 is 9.84 Å². The molecule has 0 fully saturated rings. The van der Waals surface area contributed by atoms with Crippen LogP contribution >= 0.6 is 11.8 Å². The molecule has 0 radical (unpaired) electrons. The Morgan fingerprint density at radius 2 is 2.22 bits per heavy atom. The van der Waals surface area contributed by atoms with Crippen LogP contribution < -0.4 is 4.74 Å². The number of benzene rings is 1. The standard InChI is InChI=1S/C13H13NO3S/c1-8-5-9-3-4-10(17-2)6-11(9)14-13(8)18-7-12(15)16/h3-6H,7H2,1-2H3,(H,15,16). The number of aryl methyl sites for hydroxylation is 1. The van der Waals surface area contributed by atoms with Gasteiger partial charge in [0.05, 0.1) is 18.4 Å². The minimum atomic E-state index is -0.841. The lowest BCUT2D eigenvalue weighted by atomic mass is 10.2. The molecule has 2 rings (SSSR count). The number of hydrogen-bond acceptors (Lipinski definition) is 4. The molecule has 1 N–H and O–H groups in total. The fourth-order valence-electron chi connectivity index (χ4n) is 1.64. The molecular formula is C13H13NO3S. The Kier molecular flexibility index (Phi) is 3.72. The maximum atomic E-state index is 10.6. The van der Waals surface area contributed by atoms with Gasteiger partial charge in [-0.3, -0.25) is 4.79 Å². The molecule has 1 aromatic carbocycles. The zero-order chi connectivity index (χ0) is 13.1. The fraction of sp³-hybridized carbons (Fsp3) is 0.231. The van der Waals surface area contributed by atoms with Gasteiger partial charge in [0, 0.05) is 11.5 Å². The van der Waals surface area contributed by atoms with Crippen molar-refractivity contribution < 1.29 is 14.6 Å². The van der Waals surface area contributed by atoms with Crippen LogP contribution in [0.3, 0.4) is 0 Å². The van der Waals surface area contributed by atoms with E-state index in [4.69, 9.17) is 9.84 Å². The number of carboxylic acid groups (broad SMARTS) is 1. The maximum Gasteiger partial charge on any atom is 0.313 e. The van der Waals surface area contributed by atoms with E-state index in [9.17, 15) is 4.79 Å². The van der Waals surface area contributed by atoms with Crippen molar-refractivity contribution in [1.82, 2.24) is 4.98 Å². The van der Waals surface area contributed by atoms with Crippen LogP contribution in [-0.2, 0) is 4.79 Å². The second-order valence-electron chi connectivity index (χ2n) is 3.85. The summed E-state index contributed by atoms with van der Waals surface area (Å²) in [6.07, 6.45) is 0. The van der Waals surface area contributed by atoms with Gasteiger partial charge in [0.2, 0.25) is 0 Å². The Hall–Kier alpha value is -1.75. The van der Waals surface area contributed by atoms with Crippen molar-refractivity contribution in [3.8, 4) is 5.75 Å². The third-order valence-corrected chi connectivity index (χ3v) is 3.58. The van der Waals surface area contributed by atoms with Gasteiger partial charge in [0.25, 0.3) is 0 Å². The molecule has 1 heterocycles. The normalized spacial score (nSPS) is 10.6. The zero-order valence-electron chi connectivity index (χ0n) is 10.1. The number of aliphatic carboxylic acids is 1. The maximum absolute atomic E-state index is 10.6. The molecule has 2 aromatic rings. The predicted octanol–water partition coefficient (Wildman–Crippen LogP) is 2.73. The highest BCUT2D eigenvalue weighted by Gasteiger charge is 2.07. The molecule has 0 aliphatic carbocycles.